The molecule has 19 heavy (non-hydrogen) atoms. The maximum Gasteiger partial charge on any atom is 0.314 e. The van der Waals surface area contributed by atoms with Crippen molar-refractivity contribution in [1.29, 1.82) is 0 Å². The molecule has 4 nitrogen and oxygen atoms in total. The van der Waals surface area contributed by atoms with E-state index in [1.54, 1.807) is 6.07 Å². The second-order valence-corrected chi connectivity index (χ2v) is 6.52. The van der Waals surface area contributed by atoms with Gasteiger partial charge < -0.3 is 9.47 Å². The molecule has 0 amide bonds. The van der Waals surface area contributed by atoms with Crippen molar-refractivity contribution in [2.24, 2.45) is 0 Å². The summed E-state index contributed by atoms with van der Waals surface area (Å²) in [7, 11) is -4.14. The van der Waals surface area contributed by atoms with Crippen LogP contribution in [0.3, 0.4) is 0 Å². The fourth-order valence-corrected chi connectivity index (χ4v) is 3.26. The zero-order chi connectivity index (χ0) is 14.1. The lowest BCUT2D eigenvalue weighted by Gasteiger charge is -2.27. The van der Waals surface area contributed by atoms with Crippen LogP contribution < -0.4 is 0 Å². The van der Waals surface area contributed by atoms with Gasteiger partial charge in [-0.2, -0.15) is 8.78 Å². The van der Waals surface area contributed by atoms with Crippen molar-refractivity contribution >= 4 is 9.84 Å². The van der Waals surface area contributed by atoms with Gasteiger partial charge in [-0.3, -0.25) is 0 Å². The Balaban J connectivity index is 2.30. The summed E-state index contributed by atoms with van der Waals surface area (Å²) in [6, 6.07) is 7.17. The number of ether oxygens (including phenoxy) is 2. The highest BCUT2D eigenvalue weighted by molar-refractivity contribution is 7.92. The fraction of sp³-hybridized carbons (Fsp3) is 0.500. The summed E-state index contributed by atoms with van der Waals surface area (Å²) in [6.45, 7) is 1.05. The van der Waals surface area contributed by atoms with Gasteiger partial charge in [0.25, 0.3) is 0 Å². The van der Waals surface area contributed by atoms with Gasteiger partial charge in [0.05, 0.1) is 18.1 Å². The van der Waals surface area contributed by atoms with E-state index >= 15 is 0 Å². The number of rotatable bonds is 4. The van der Waals surface area contributed by atoms with Gasteiger partial charge in [0.1, 0.15) is 5.25 Å². The minimum atomic E-state index is -4.14. The molecule has 0 bridgehead atoms. The Morgan fingerprint density at radius 3 is 2.26 bits per heavy atom. The van der Waals surface area contributed by atoms with Crippen molar-refractivity contribution in [2.75, 3.05) is 13.2 Å². The quantitative estimate of drug-likeness (QED) is 0.850. The lowest BCUT2D eigenvalue weighted by molar-refractivity contribution is -0.203. The molecule has 1 aliphatic rings. The van der Waals surface area contributed by atoms with Crippen LogP contribution in [0, 0.1) is 0 Å². The van der Waals surface area contributed by atoms with E-state index in [9.17, 15) is 17.2 Å². The van der Waals surface area contributed by atoms with Crippen molar-refractivity contribution in [3.05, 3.63) is 30.3 Å². The van der Waals surface area contributed by atoms with Crippen LogP contribution >= 0.6 is 0 Å². The predicted octanol–water partition coefficient (Wildman–Crippen LogP) is 1.86. The molecule has 1 unspecified atom stereocenters. The third kappa shape index (κ3) is 2.63. The molecule has 1 saturated heterocycles. The molecule has 0 radical (unpaired) electrons. The number of alkyl halides is 2. The molecule has 0 saturated carbocycles. The Hall–Kier alpha value is -1.05. The van der Waals surface area contributed by atoms with Gasteiger partial charge >= 0.3 is 5.92 Å². The summed E-state index contributed by atoms with van der Waals surface area (Å²) in [5, 5.41) is -1.93. The van der Waals surface area contributed by atoms with Crippen LogP contribution in [-0.4, -0.2) is 39.1 Å². The highest BCUT2D eigenvalue weighted by Crippen LogP contribution is 2.35. The van der Waals surface area contributed by atoms with E-state index in [1.807, 2.05) is 0 Å². The third-order valence-corrected chi connectivity index (χ3v) is 5.19. The van der Waals surface area contributed by atoms with Gasteiger partial charge in [-0.1, -0.05) is 18.2 Å². The van der Waals surface area contributed by atoms with Gasteiger partial charge in [-0.25, -0.2) is 8.42 Å². The lowest BCUT2D eigenvalue weighted by Crippen LogP contribution is -2.47. The van der Waals surface area contributed by atoms with Crippen molar-refractivity contribution in [3.63, 3.8) is 0 Å². The van der Waals surface area contributed by atoms with Crippen LogP contribution in [0.1, 0.15) is 6.92 Å². The van der Waals surface area contributed by atoms with Crippen molar-refractivity contribution < 1.29 is 26.7 Å². The van der Waals surface area contributed by atoms with Gasteiger partial charge in [-0.15, -0.1) is 0 Å². The van der Waals surface area contributed by atoms with Crippen LogP contribution in [0.4, 0.5) is 8.78 Å². The van der Waals surface area contributed by atoms with Crippen molar-refractivity contribution in [2.45, 2.75) is 29.3 Å². The third-order valence-electron chi connectivity index (χ3n) is 3.02. The normalized spacial score (nSPS) is 19.5. The molecule has 1 atom stereocenters. The second-order valence-electron chi connectivity index (χ2n) is 4.25. The standard InChI is InChI=1S/C12H14F2O4S/c1-9(12(13,14)11-17-7-8-18-11)19(15,16)10-5-3-2-4-6-10/h2-6,9,11H,7-8H2,1H3. The van der Waals surface area contributed by atoms with E-state index in [-0.39, 0.29) is 18.1 Å². The minimum Gasteiger partial charge on any atom is -0.345 e. The molecule has 7 heteroatoms. The fourth-order valence-electron chi connectivity index (χ4n) is 1.79. The van der Waals surface area contributed by atoms with Gasteiger partial charge in [-0.05, 0) is 19.1 Å². The second kappa shape index (κ2) is 5.15. The Bertz CT molecular complexity index is 524. The molecule has 2 rings (SSSR count). The topological polar surface area (TPSA) is 52.6 Å². The maximum atomic E-state index is 14.1. The Labute approximate surface area is 110 Å². The minimum absolute atomic E-state index is 0.0400. The summed E-state index contributed by atoms with van der Waals surface area (Å²) in [5.74, 6) is -3.61. The van der Waals surface area contributed by atoms with Crippen LogP contribution in [0.25, 0.3) is 0 Å². The first-order chi connectivity index (χ1) is 8.87. The van der Waals surface area contributed by atoms with E-state index < -0.39 is 27.3 Å². The summed E-state index contributed by atoms with van der Waals surface area (Å²) < 4.78 is 61.9. The van der Waals surface area contributed by atoms with Crippen molar-refractivity contribution in [1.82, 2.24) is 0 Å². The summed E-state index contributed by atoms with van der Waals surface area (Å²) in [6.07, 6.45) is -1.80. The van der Waals surface area contributed by atoms with Gasteiger partial charge in [0, 0.05) is 0 Å². The maximum absolute atomic E-state index is 14.1. The average molecular weight is 292 g/mol. The first kappa shape index (κ1) is 14.4. The molecule has 106 valence electrons. The Kier molecular flexibility index (Phi) is 3.89. The molecule has 0 aliphatic carbocycles. The van der Waals surface area contributed by atoms with Crippen LogP contribution in [0.5, 0.6) is 0 Å². The van der Waals surface area contributed by atoms with E-state index in [1.165, 1.54) is 24.3 Å². The monoisotopic (exact) mass is 292 g/mol. The lowest BCUT2D eigenvalue weighted by atomic mass is 10.2. The summed E-state index contributed by atoms with van der Waals surface area (Å²) in [4.78, 5) is -0.139. The summed E-state index contributed by atoms with van der Waals surface area (Å²) >= 11 is 0. The molecule has 0 N–H and O–H groups in total. The number of hydrogen-bond acceptors (Lipinski definition) is 4. The number of halogens is 2. The van der Waals surface area contributed by atoms with Crippen LogP contribution in [0.2, 0.25) is 0 Å². The molecule has 1 fully saturated rings. The smallest absolute Gasteiger partial charge is 0.314 e. The Morgan fingerprint density at radius 1 is 1.21 bits per heavy atom. The predicted molar refractivity (Wildman–Crippen MR) is 63.7 cm³/mol. The first-order valence-electron chi connectivity index (χ1n) is 5.77. The number of hydrogen-bond donors (Lipinski definition) is 0. The van der Waals surface area contributed by atoms with Gasteiger partial charge in [0.15, 0.2) is 9.84 Å². The molecule has 0 spiro atoms. The highest BCUT2D eigenvalue weighted by Gasteiger charge is 2.54. The largest absolute Gasteiger partial charge is 0.345 e. The van der Waals surface area contributed by atoms with E-state index in [2.05, 4.69) is 0 Å². The van der Waals surface area contributed by atoms with E-state index in [4.69, 9.17) is 9.47 Å². The zero-order valence-electron chi connectivity index (χ0n) is 10.3. The molecule has 1 heterocycles. The molecule has 0 aromatic heterocycles. The molecule has 1 aliphatic heterocycles. The number of sulfone groups is 1. The molecular weight excluding hydrogens is 278 g/mol. The number of benzene rings is 1. The first-order valence-corrected chi connectivity index (χ1v) is 7.31. The molecule has 1 aromatic rings. The van der Waals surface area contributed by atoms with Gasteiger partial charge in [0.2, 0.25) is 6.29 Å². The average Bonchev–Trinajstić information content (AvgIpc) is 2.93. The summed E-state index contributed by atoms with van der Waals surface area (Å²) in [5.41, 5.74) is 0. The SMILES string of the molecule is CC(C(F)(F)C1OCCO1)S(=O)(=O)c1ccccc1. The molecule has 1 aromatic carbocycles. The van der Waals surface area contributed by atoms with Crippen LogP contribution in [-0.2, 0) is 19.3 Å². The van der Waals surface area contributed by atoms with Crippen molar-refractivity contribution in [3.8, 4) is 0 Å². The van der Waals surface area contributed by atoms with E-state index in [0.717, 1.165) is 6.92 Å². The Morgan fingerprint density at radius 2 is 1.74 bits per heavy atom. The molecular formula is C12H14F2O4S. The van der Waals surface area contributed by atoms with E-state index in [0.29, 0.717) is 0 Å². The zero-order valence-corrected chi connectivity index (χ0v) is 11.1. The van der Waals surface area contributed by atoms with Crippen LogP contribution in [0.15, 0.2) is 35.2 Å². The highest BCUT2D eigenvalue weighted by atomic mass is 32.2.